The predicted octanol–water partition coefficient (Wildman–Crippen LogP) is 3.24. The Balaban J connectivity index is 3.28. The van der Waals surface area contributed by atoms with Gasteiger partial charge >= 0.3 is 0 Å². The summed E-state index contributed by atoms with van der Waals surface area (Å²) in [6.45, 7) is 8.98. The molecule has 86 valence electrons. The second-order valence-electron chi connectivity index (χ2n) is 4.58. The third kappa shape index (κ3) is 7.77. The quantitative estimate of drug-likeness (QED) is 0.521. The molecule has 14 heavy (non-hydrogen) atoms. The SMILES string of the molecule is COCCOCCCC(Br)C(C)(C)C. The smallest absolute Gasteiger partial charge is 0.0700 e. The van der Waals surface area contributed by atoms with Crippen LogP contribution in [0.5, 0.6) is 0 Å². The van der Waals surface area contributed by atoms with Gasteiger partial charge in [0.2, 0.25) is 0 Å². The van der Waals surface area contributed by atoms with Gasteiger partial charge in [-0.15, -0.1) is 0 Å². The van der Waals surface area contributed by atoms with Crippen molar-refractivity contribution >= 4 is 15.9 Å². The maximum Gasteiger partial charge on any atom is 0.0700 e. The Morgan fingerprint density at radius 3 is 2.29 bits per heavy atom. The topological polar surface area (TPSA) is 18.5 Å². The molecule has 1 unspecified atom stereocenters. The van der Waals surface area contributed by atoms with Crippen molar-refractivity contribution in [3.05, 3.63) is 0 Å². The Morgan fingerprint density at radius 1 is 1.14 bits per heavy atom. The van der Waals surface area contributed by atoms with Crippen LogP contribution < -0.4 is 0 Å². The lowest BCUT2D eigenvalue weighted by molar-refractivity contribution is 0.0680. The molecular weight excluding hydrogens is 244 g/mol. The summed E-state index contributed by atoms with van der Waals surface area (Å²) in [4.78, 5) is 0.570. The van der Waals surface area contributed by atoms with E-state index in [1.54, 1.807) is 7.11 Å². The third-order valence-corrected chi connectivity index (χ3v) is 3.95. The van der Waals surface area contributed by atoms with E-state index in [4.69, 9.17) is 9.47 Å². The summed E-state index contributed by atoms with van der Waals surface area (Å²) in [6, 6.07) is 0. The first-order valence-electron chi connectivity index (χ1n) is 5.19. The molecule has 0 bridgehead atoms. The van der Waals surface area contributed by atoms with Gasteiger partial charge in [-0.3, -0.25) is 0 Å². The molecule has 0 saturated carbocycles. The van der Waals surface area contributed by atoms with E-state index >= 15 is 0 Å². The zero-order valence-electron chi connectivity index (χ0n) is 9.81. The van der Waals surface area contributed by atoms with Crippen molar-refractivity contribution < 1.29 is 9.47 Å². The summed E-state index contributed by atoms with van der Waals surface area (Å²) >= 11 is 3.70. The van der Waals surface area contributed by atoms with Crippen LogP contribution in [0.1, 0.15) is 33.6 Å². The molecule has 0 N–H and O–H groups in total. The average molecular weight is 267 g/mol. The first kappa shape index (κ1) is 14.4. The molecule has 0 saturated heterocycles. The van der Waals surface area contributed by atoms with E-state index in [9.17, 15) is 0 Å². The fraction of sp³-hybridized carbons (Fsp3) is 1.00. The fourth-order valence-corrected chi connectivity index (χ4v) is 1.37. The number of hydrogen-bond donors (Lipinski definition) is 0. The second-order valence-corrected chi connectivity index (χ2v) is 5.69. The van der Waals surface area contributed by atoms with Crippen LogP contribution in [0.4, 0.5) is 0 Å². The highest BCUT2D eigenvalue weighted by atomic mass is 79.9. The normalized spacial score (nSPS) is 14.4. The maximum atomic E-state index is 5.39. The maximum absolute atomic E-state index is 5.39. The molecule has 0 rings (SSSR count). The van der Waals surface area contributed by atoms with Gasteiger partial charge in [-0.25, -0.2) is 0 Å². The van der Waals surface area contributed by atoms with Gasteiger partial charge in [-0.1, -0.05) is 36.7 Å². The monoisotopic (exact) mass is 266 g/mol. The van der Waals surface area contributed by atoms with Gasteiger partial charge in [-0.2, -0.15) is 0 Å². The summed E-state index contributed by atoms with van der Waals surface area (Å²) in [5, 5.41) is 0. The number of alkyl halides is 1. The molecule has 0 fully saturated rings. The lowest BCUT2D eigenvalue weighted by atomic mass is 9.90. The number of ether oxygens (including phenoxy) is 2. The highest BCUT2D eigenvalue weighted by molar-refractivity contribution is 9.09. The molecule has 3 heteroatoms. The van der Waals surface area contributed by atoms with E-state index in [1.165, 1.54) is 0 Å². The molecule has 0 aliphatic heterocycles. The zero-order chi connectivity index (χ0) is 11.0. The number of rotatable bonds is 7. The summed E-state index contributed by atoms with van der Waals surface area (Å²) in [7, 11) is 1.69. The molecule has 0 radical (unpaired) electrons. The van der Waals surface area contributed by atoms with Crippen LogP contribution in [0.2, 0.25) is 0 Å². The number of methoxy groups -OCH3 is 1. The third-order valence-electron chi connectivity index (χ3n) is 2.12. The van der Waals surface area contributed by atoms with Crippen molar-refractivity contribution in [1.82, 2.24) is 0 Å². The van der Waals surface area contributed by atoms with Gasteiger partial charge < -0.3 is 9.47 Å². The van der Waals surface area contributed by atoms with Crippen molar-refractivity contribution in [3.8, 4) is 0 Å². The van der Waals surface area contributed by atoms with Crippen molar-refractivity contribution in [1.29, 1.82) is 0 Å². The minimum absolute atomic E-state index is 0.340. The minimum atomic E-state index is 0.340. The molecule has 0 heterocycles. The van der Waals surface area contributed by atoms with Gasteiger partial charge in [0, 0.05) is 18.5 Å². The molecule has 0 aromatic heterocycles. The average Bonchev–Trinajstić information content (AvgIpc) is 2.09. The number of hydrogen-bond acceptors (Lipinski definition) is 2. The van der Waals surface area contributed by atoms with Crippen molar-refractivity contribution in [2.24, 2.45) is 5.41 Å². The molecular formula is C11H23BrO2. The Bertz CT molecular complexity index is 132. The van der Waals surface area contributed by atoms with E-state index in [1.807, 2.05) is 0 Å². The molecule has 0 aromatic rings. The summed E-state index contributed by atoms with van der Waals surface area (Å²) in [5.41, 5.74) is 0.340. The Kier molecular flexibility index (Phi) is 7.88. The Morgan fingerprint density at radius 2 is 1.79 bits per heavy atom. The van der Waals surface area contributed by atoms with Crippen LogP contribution in [-0.2, 0) is 9.47 Å². The van der Waals surface area contributed by atoms with E-state index < -0.39 is 0 Å². The van der Waals surface area contributed by atoms with E-state index in [0.717, 1.165) is 19.4 Å². The molecule has 0 amide bonds. The molecule has 1 atom stereocenters. The highest BCUT2D eigenvalue weighted by Crippen LogP contribution is 2.29. The molecule has 0 aliphatic carbocycles. The van der Waals surface area contributed by atoms with Crippen molar-refractivity contribution in [2.45, 2.75) is 38.4 Å². The van der Waals surface area contributed by atoms with Crippen LogP contribution in [0.3, 0.4) is 0 Å². The molecule has 2 nitrogen and oxygen atoms in total. The Hall–Kier alpha value is 0.400. The molecule has 0 aliphatic rings. The zero-order valence-corrected chi connectivity index (χ0v) is 11.4. The first-order chi connectivity index (χ1) is 6.48. The van der Waals surface area contributed by atoms with Crippen molar-refractivity contribution in [2.75, 3.05) is 26.9 Å². The summed E-state index contributed by atoms with van der Waals surface area (Å²) in [5.74, 6) is 0. The van der Waals surface area contributed by atoms with Gasteiger partial charge in [-0.05, 0) is 18.3 Å². The summed E-state index contributed by atoms with van der Waals surface area (Å²) < 4.78 is 10.3. The lowest BCUT2D eigenvalue weighted by Crippen LogP contribution is -2.20. The Labute approximate surface area is 96.5 Å². The molecule has 0 aromatic carbocycles. The highest BCUT2D eigenvalue weighted by Gasteiger charge is 2.20. The van der Waals surface area contributed by atoms with Gasteiger partial charge in [0.15, 0.2) is 0 Å². The minimum Gasteiger partial charge on any atom is -0.382 e. The van der Waals surface area contributed by atoms with E-state index in [2.05, 4.69) is 36.7 Å². The number of halogens is 1. The summed E-state index contributed by atoms with van der Waals surface area (Å²) in [6.07, 6.45) is 2.27. The first-order valence-corrected chi connectivity index (χ1v) is 6.11. The lowest BCUT2D eigenvalue weighted by Gasteiger charge is -2.25. The molecule has 0 spiro atoms. The van der Waals surface area contributed by atoms with Crippen molar-refractivity contribution in [3.63, 3.8) is 0 Å². The van der Waals surface area contributed by atoms with E-state index in [-0.39, 0.29) is 0 Å². The van der Waals surface area contributed by atoms with Crippen LogP contribution in [0.15, 0.2) is 0 Å². The van der Waals surface area contributed by atoms with Crippen LogP contribution >= 0.6 is 15.9 Å². The fourth-order valence-electron chi connectivity index (χ4n) is 1.04. The van der Waals surface area contributed by atoms with Gasteiger partial charge in [0.1, 0.15) is 0 Å². The predicted molar refractivity (Wildman–Crippen MR) is 64.1 cm³/mol. The second kappa shape index (κ2) is 7.66. The largest absolute Gasteiger partial charge is 0.382 e. The van der Waals surface area contributed by atoms with Crippen LogP contribution in [-0.4, -0.2) is 31.8 Å². The van der Waals surface area contributed by atoms with Gasteiger partial charge in [0.05, 0.1) is 13.2 Å². The van der Waals surface area contributed by atoms with Crippen LogP contribution in [0.25, 0.3) is 0 Å². The van der Waals surface area contributed by atoms with E-state index in [0.29, 0.717) is 23.5 Å². The van der Waals surface area contributed by atoms with Gasteiger partial charge in [0.25, 0.3) is 0 Å². The standard InChI is InChI=1S/C11H23BrO2/c1-11(2,3)10(12)6-5-7-14-9-8-13-4/h10H,5-9H2,1-4H3. The van der Waals surface area contributed by atoms with Crippen LogP contribution in [0, 0.1) is 5.41 Å².